The van der Waals surface area contributed by atoms with E-state index in [1.807, 2.05) is 30.3 Å². The van der Waals surface area contributed by atoms with Gasteiger partial charge in [0.2, 0.25) is 5.95 Å². The standard InChI is InChI=1S/C17H22N4O2/c1-2-8-18-17-20-11-14(12-21-17)10-19-15(16(22)23)9-13-6-4-3-5-7-13/h3-7,11-12,15,19H,2,8-10H2,1H3,(H,22,23)(H,18,20,21)/t15-/m0/s1. The number of rotatable bonds is 9. The predicted octanol–water partition coefficient (Wildman–Crippen LogP) is 2.08. The average Bonchev–Trinajstić information content (AvgIpc) is 2.58. The van der Waals surface area contributed by atoms with Crippen molar-refractivity contribution in [2.45, 2.75) is 32.4 Å². The Kier molecular flexibility index (Phi) is 6.50. The number of carboxylic acid groups (broad SMARTS) is 1. The van der Waals surface area contributed by atoms with Gasteiger partial charge in [-0.3, -0.25) is 10.1 Å². The van der Waals surface area contributed by atoms with Crippen LogP contribution in [0, 0.1) is 0 Å². The van der Waals surface area contributed by atoms with Crippen molar-refractivity contribution in [3.8, 4) is 0 Å². The molecule has 0 bridgehead atoms. The molecule has 6 nitrogen and oxygen atoms in total. The molecule has 3 N–H and O–H groups in total. The minimum absolute atomic E-state index is 0.415. The van der Waals surface area contributed by atoms with Crippen molar-refractivity contribution in [1.82, 2.24) is 15.3 Å². The molecule has 0 unspecified atom stereocenters. The summed E-state index contributed by atoms with van der Waals surface area (Å²) >= 11 is 0. The number of hydrogen-bond donors (Lipinski definition) is 3. The normalized spacial score (nSPS) is 11.9. The Hall–Kier alpha value is -2.47. The Balaban J connectivity index is 1.89. The van der Waals surface area contributed by atoms with Crippen molar-refractivity contribution in [3.63, 3.8) is 0 Å². The van der Waals surface area contributed by atoms with E-state index < -0.39 is 12.0 Å². The summed E-state index contributed by atoms with van der Waals surface area (Å²) in [6.45, 7) is 3.32. The van der Waals surface area contributed by atoms with E-state index >= 15 is 0 Å². The van der Waals surface area contributed by atoms with Gasteiger partial charge in [0.15, 0.2) is 0 Å². The SMILES string of the molecule is CCCNc1ncc(CN[C@@H](Cc2ccccc2)C(=O)O)cn1. The monoisotopic (exact) mass is 314 g/mol. The van der Waals surface area contributed by atoms with Crippen molar-refractivity contribution in [2.24, 2.45) is 0 Å². The summed E-state index contributed by atoms with van der Waals surface area (Å²) in [5, 5.41) is 15.5. The maximum atomic E-state index is 11.4. The van der Waals surface area contributed by atoms with E-state index in [-0.39, 0.29) is 0 Å². The van der Waals surface area contributed by atoms with E-state index in [1.165, 1.54) is 0 Å². The van der Waals surface area contributed by atoms with Crippen LogP contribution in [0.5, 0.6) is 0 Å². The van der Waals surface area contributed by atoms with Crippen molar-refractivity contribution in [2.75, 3.05) is 11.9 Å². The van der Waals surface area contributed by atoms with Crippen LogP contribution in [0.2, 0.25) is 0 Å². The number of hydrogen-bond acceptors (Lipinski definition) is 5. The maximum Gasteiger partial charge on any atom is 0.321 e. The van der Waals surface area contributed by atoms with E-state index in [2.05, 4.69) is 27.5 Å². The number of nitrogens with zero attached hydrogens (tertiary/aromatic N) is 2. The van der Waals surface area contributed by atoms with Crippen LogP contribution in [0.1, 0.15) is 24.5 Å². The third kappa shape index (κ3) is 5.67. The van der Waals surface area contributed by atoms with Crippen molar-refractivity contribution in [1.29, 1.82) is 0 Å². The number of aliphatic carboxylic acids is 1. The lowest BCUT2D eigenvalue weighted by atomic mass is 10.1. The molecule has 0 amide bonds. The number of carbonyl (C=O) groups is 1. The molecule has 1 aromatic carbocycles. The molecular formula is C17H22N4O2. The van der Waals surface area contributed by atoms with Gasteiger partial charge >= 0.3 is 5.97 Å². The van der Waals surface area contributed by atoms with Crippen LogP contribution in [-0.4, -0.2) is 33.6 Å². The molecule has 6 heteroatoms. The maximum absolute atomic E-state index is 11.4. The number of nitrogens with one attached hydrogen (secondary N) is 2. The molecule has 0 aliphatic rings. The molecule has 0 saturated heterocycles. The zero-order valence-corrected chi connectivity index (χ0v) is 13.2. The highest BCUT2D eigenvalue weighted by atomic mass is 16.4. The minimum Gasteiger partial charge on any atom is -0.480 e. The predicted molar refractivity (Wildman–Crippen MR) is 89.2 cm³/mol. The Morgan fingerprint density at radius 2 is 1.87 bits per heavy atom. The van der Waals surface area contributed by atoms with Crippen LogP contribution in [0.4, 0.5) is 5.95 Å². The van der Waals surface area contributed by atoms with Gasteiger partial charge in [-0.05, 0) is 18.4 Å². The first-order valence-electron chi connectivity index (χ1n) is 7.74. The van der Waals surface area contributed by atoms with E-state index in [0.717, 1.165) is 24.1 Å². The van der Waals surface area contributed by atoms with E-state index in [4.69, 9.17) is 0 Å². The average molecular weight is 314 g/mol. The number of anilines is 1. The van der Waals surface area contributed by atoms with Crippen LogP contribution in [0.25, 0.3) is 0 Å². The zero-order valence-electron chi connectivity index (χ0n) is 13.2. The number of benzene rings is 1. The fraction of sp³-hybridized carbons (Fsp3) is 0.353. The van der Waals surface area contributed by atoms with Crippen LogP contribution >= 0.6 is 0 Å². The first-order chi connectivity index (χ1) is 11.2. The van der Waals surface area contributed by atoms with E-state index in [0.29, 0.717) is 18.9 Å². The molecule has 1 heterocycles. The zero-order chi connectivity index (χ0) is 16.5. The fourth-order valence-electron chi connectivity index (χ4n) is 2.11. The molecule has 0 spiro atoms. The summed E-state index contributed by atoms with van der Waals surface area (Å²) < 4.78 is 0. The van der Waals surface area contributed by atoms with Gasteiger partial charge in [-0.1, -0.05) is 37.3 Å². The van der Waals surface area contributed by atoms with Crippen LogP contribution in [-0.2, 0) is 17.8 Å². The second-order valence-electron chi connectivity index (χ2n) is 5.30. The third-order valence-corrected chi connectivity index (χ3v) is 3.37. The van der Waals surface area contributed by atoms with Crippen molar-refractivity contribution < 1.29 is 9.90 Å². The van der Waals surface area contributed by atoms with Crippen molar-refractivity contribution >= 4 is 11.9 Å². The molecular weight excluding hydrogens is 292 g/mol. The molecule has 2 aromatic rings. The lowest BCUT2D eigenvalue weighted by molar-refractivity contribution is -0.139. The van der Waals surface area contributed by atoms with E-state index in [9.17, 15) is 9.90 Å². The fourth-order valence-corrected chi connectivity index (χ4v) is 2.11. The van der Waals surface area contributed by atoms with Gasteiger partial charge in [-0.25, -0.2) is 9.97 Å². The molecule has 0 fully saturated rings. The van der Waals surface area contributed by atoms with Gasteiger partial charge in [0.25, 0.3) is 0 Å². The summed E-state index contributed by atoms with van der Waals surface area (Å²) in [5.74, 6) is -0.273. The molecule has 0 saturated carbocycles. The lowest BCUT2D eigenvalue weighted by Crippen LogP contribution is -2.38. The van der Waals surface area contributed by atoms with Gasteiger partial charge in [0.05, 0.1) is 0 Å². The first-order valence-corrected chi connectivity index (χ1v) is 7.74. The van der Waals surface area contributed by atoms with Gasteiger partial charge in [-0.2, -0.15) is 0 Å². The van der Waals surface area contributed by atoms with Crippen LogP contribution in [0.15, 0.2) is 42.7 Å². The molecule has 0 aliphatic carbocycles. The molecule has 122 valence electrons. The molecule has 1 atom stereocenters. The summed E-state index contributed by atoms with van der Waals surface area (Å²) in [5.41, 5.74) is 1.84. The molecule has 2 rings (SSSR count). The summed E-state index contributed by atoms with van der Waals surface area (Å²) in [7, 11) is 0. The topological polar surface area (TPSA) is 87.1 Å². The minimum atomic E-state index is -0.865. The van der Waals surface area contributed by atoms with E-state index in [1.54, 1.807) is 12.4 Å². The Labute approximate surface area is 136 Å². The third-order valence-electron chi connectivity index (χ3n) is 3.37. The molecule has 0 aliphatic heterocycles. The summed E-state index contributed by atoms with van der Waals surface area (Å²) in [6, 6.07) is 8.94. The lowest BCUT2D eigenvalue weighted by Gasteiger charge is -2.14. The Morgan fingerprint density at radius 3 is 2.48 bits per heavy atom. The molecule has 23 heavy (non-hydrogen) atoms. The molecule has 1 aromatic heterocycles. The second kappa shape index (κ2) is 8.85. The van der Waals surface area contributed by atoms with Crippen LogP contribution < -0.4 is 10.6 Å². The van der Waals surface area contributed by atoms with Gasteiger partial charge < -0.3 is 10.4 Å². The Bertz CT molecular complexity index is 602. The quantitative estimate of drug-likeness (QED) is 0.657. The smallest absolute Gasteiger partial charge is 0.321 e. The van der Waals surface area contributed by atoms with Gasteiger partial charge in [0.1, 0.15) is 6.04 Å². The second-order valence-corrected chi connectivity index (χ2v) is 5.30. The number of aromatic nitrogens is 2. The first kappa shape index (κ1) is 16.9. The highest BCUT2D eigenvalue weighted by Gasteiger charge is 2.17. The van der Waals surface area contributed by atoms with Crippen molar-refractivity contribution in [3.05, 3.63) is 53.9 Å². The summed E-state index contributed by atoms with van der Waals surface area (Å²) in [4.78, 5) is 19.8. The Morgan fingerprint density at radius 1 is 1.17 bits per heavy atom. The van der Waals surface area contributed by atoms with Gasteiger partial charge in [0, 0.05) is 31.0 Å². The van der Waals surface area contributed by atoms with Crippen LogP contribution in [0.3, 0.4) is 0 Å². The molecule has 0 radical (unpaired) electrons. The highest BCUT2D eigenvalue weighted by molar-refractivity contribution is 5.73. The highest BCUT2D eigenvalue weighted by Crippen LogP contribution is 2.05. The summed E-state index contributed by atoms with van der Waals surface area (Å²) in [6.07, 6.45) is 4.86. The number of carboxylic acids is 1. The van der Waals surface area contributed by atoms with Gasteiger partial charge in [-0.15, -0.1) is 0 Å². The largest absolute Gasteiger partial charge is 0.480 e.